The van der Waals surface area contributed by atoms with Crippen LogP contribution in [-0.4, -0.2) is 68.8 Å². The summed E-state index contributed by atoms with van der Waals surface area (Å²) in [7, 11) is -0.649. The van der Waals surface area contributed by atoms with Crippen LogP contribution < -0.4 is 4.90 Å². The fourth-order valence-corrected chi connectivity index (χ4v) is 4.00. The van der Waals surface area contributed by atoms with E-state index in [1.54, 1.807) is 23.1 Å². The smallest absolute Gasteiger partial charge is 0.254 e. The van der Waals surface area contributed by atoms with Gasteiger partial charge in [-0.05, 0) is 30.3 Å². The first-order chi connectivity index (χ1) is 12.8. The van der Waals surface area contributed by atoms with Gasteiger partial charge in [-0.15, -0.1) is 0 Å². The molecule has 0 unspecified atom stereocenters. The van der Waals surface area contributed by atoms with Crippen LogP contribution in [0, 0.1) is 0 Å². The summed E-state index contributed by atoms with van der Waals surface area (Å²) >= 11 is 5.94. The Labute approximate surface area is 164 Å². The number of amides is 1. The molecule has 1 aliphatic heterocycles. The first-order valence-electron chi connectivity index (χ1n) is 8.48. The molecule has 2 aromatic rings. The van der Waals surface area contributed by atoms with Crippen LogP contribution in [0.5, 0.6) is 0 Å². The third-order valence-corrected chi connectivity index (χ3v) is 6.47. The summed E-state index contributed by atoms with van der Waals surface area (Å²) in [4.78, 5) is 21.0. The van der Waals surface area contributed by atoms with Crippen molar-refractivity contribution in [1.29, 1.82) is 0 Å². The van der Waals surface area contributed by atoms with E-state index in [2.05, 4.69) is 9.88 Å². The SMILES string of the molecule is CN(C)S(=O)(=O)c1cccc(C(=O)N2CCN(c3cccc(Cl)n3)CC2)c1. The Morgan fingerprint density at radius 3 is 2.37 bits per heavy atom. The summed E-state index contributed by atoms with van der Waals surface area (Å²) in [5.41, 5.74) is 0.368. The van der Waals surface area contributed by atoms with Crippen LogP contribution in [0.15, 0.2) is 47.4 Å². The molecule has 9 heteroatoms. The third-order valence-electron chi connectivity index (χ3n) is 4.45. The van der Waals surface area contributed by atoms with E-state index < -0.39 is 10.0 Å². The summed E-state index contributed by atoms with van der Waals surface area (Å²) in [5.74, 6) is 0.609. The van der Waals surface area contributed by atoms with Crippen molar-refractivity contribution in [3.63, 3.8) is 0 Å². The number of pyridine rings is 1. The molecule has 1 amide bonds. The van der Waals surface area contributed by atoms with E-state index in [1.165, 1.54) is 26.2 Å². The second kappa shape index (κ2) is 7.84. The lowest BCUT2D eigenvalue weighted by Gasteiger charge is -2.35. The molecule has 0 radical (unpaired) electrons. The summed E-state index contributed by atoms with van der Waals surface area (Å²) in [6.45, 7) is 2.32. The largest absolute Gasteiger partial charge is 0.353 e. The van der Waals surface area contributed by atoms with Crippen molar-refractivity contribution in [2.75, 3.05) is 45.2 Å². The van der Waals surface area contributed by atoms with Gasteiger partial charge in [0.1, 0.15) is 11.0 Å². The van der Waals surface area contributed by atoms with Gasteiger partial charge in [0.15, 0.2) is 0 Å². The average Bonchev–Trinajstić information content (AvgIpc) is 2.67. The molecular formula is C18H21ClN4O3S. The molecule has 1 aromatic carbocycles. The van der Waals surface area contributed by atoms with Gasteiger partial charge in [-0.3, -0.25) is 4.79 Å². The van der Waals surface area contributed by atoms with Gasteiger partial charge in [0, 0.05) is 45.8 Å². The van der Waals surface area contributed by atoms with Crippen molar-refractivity contribution in [3.8, 4) is 0 Å². The molecule has 0 spiro atoms. The highest BCUT2D eigenvalue weighted by Gasteiger charge is 2.24. The number of carbonyl (C=O) groups is 1. The van der Waals surface area contributed by atoms with Gasteiger partial charge in [0.25, 0.3) is 5.91 Å². The lowest BCUT2D eigenvalue weighted by Crippen LogP contribution is -2.49. The number of halogens is 1. The molecule has 2 heterocycles. The molecule has 0 bridgehead atoms. The molecule has 1 fully saturated rings. The summed E-state index contributed by atoms with van der Waals surface area (Å²) in [6, 6.07) is 11.6. The second-order valence-corrected chi connectivity index (χ2v) is 8.95. The van der Waals surface area contributed by atoms with Crippen LogP contribution in [0.3, 0.4) is 0 Å². The van der Waals surface area contributed by atoms with Gasteiger partial charge in [0.2, 0.25) is 10.0 Å². The average molecular weight is 409 g/mol. The molecule has 27 heavy (non-hydrogen) atoms. The van der Waals surface area contributed by atoms with Gasteiger partial charge in [-0.25, -0.2) is 17.7 Å². The highest BCUT2D eigenvalue weighted by molar-refractivity contribution is 7.89. The van der Waals surface area contributed by atoms with Gasteiger partial charge in [0.05, 0.1) is 4.90 Å². The molecule has 7 nitrogen and oxygen atoms in total. The normalized spacial score (nSPS) is 15.3. The Hall–Kier alpha value is -2.16. The van der Waals surface area contributed by atoms with E-state index in [-0.39, 0.29) is 10.8 Å². The Balaban J connectivity index is 1.71. The molecule has 144 valence electrons. The molecular weight excluding hydrogens is 388 g/mol. The third kappa shape index (κ3) is 4.23. The highest BCUT2D eigenvalue weighted by Crippen LogP contribution is 2.19. The highest BCUT2D eigenvalue weighted by atomic mass is 35.5. The molecule has 3 rings (SSSR count). The maximum absolute atomic E-state index is 12.8. The minimum absolute atomic E-state index is 0.111. The molecule has 1 aromatic heterocycles. The monoisotopic (exact) mass is 408 g/mol. The molecule has 0 N–H and O–H groups in total. The zero-order valence-corrected chi connectivity index (χ0v) is 16.7. The topological polar surface area (TPSA) is 73.8 Å². The number of hydrogen-bond acceptors (Lipinski definition) is 5. The molecule has 0 saturated carbocycles. The van der Waals surface area contributed by atoms with Crippen LogP contribution in [0.2, 0.25) is 5.15 Å². The maximum Gasteiger partial charge on any atom is 0.254 e. The Bertz CT molecular complexity index is 941. The van der Waals surface area contributed by atoms with E-state index in [4.69, 9.17) is 11.6 Å². The minimum Gasteiger partial charge on any atom is -0.353 e. The van der Waals surface area contributed by atoms with Crippen LogP contribution >= 0.6 is 11.6 Å². The van der Waals surface area contributed by atoms with Crippen molar-refractivity contribution < 1.29 is 13.2 Å². The number of carbonyl (C=O) groups excluding carboxylic acids is 1. The van der Waals surface area contributed by atoms with E-state index in [0.717, 1.165) is 10.1 Å². The zero-order chi connectivity index (χ0) is 19.6. The number of nitrogens with zero attached hydrogens (tertiary/aromatic N) is 4. The zero-order valence-electron chi connectivity index (χ0n) is 15.2. The first-order valence-corrected chi connectivity index (χ1v) is 10.3. The first kappa shape index (κ1) is 19.6. The quantitative estimate of drug-likeness (QED) is 0.723. The van der Waals surface area contributed by atoms with Gasteiger partial charge >= 0.3 is 0 Å². The fourth-order valence-electron chi connectivity index (χ4n) is 2.90. The molecule has 0 atom stereocenters. The number of hydrogen-bond donors (Lipinski definition) is 0. The van der Waals surface area contributed by atoms with Crippen LogP contribution in [0.1, 0.15) is 10.4 Å². The van der Waals surface area contributed by atoms with E-state index in [9.17, 15) is 13.2 Å². The molecule has 0 aliphatic carbocycles. The van der Waals surface area contributed by atoms with Crippen molar-refractivity contribution >= 4 is 33.3 Å². The minimum atomic E-state index is -3.58. The van der Waals surface area contributed by atoms with E-state index in [1.807, 2.05) is 12.1 Å². The van der Waals surface area contributed by atoms with Crippen molar-refractivity contribution in [3.05, 3.63) is 53.2 Å². The van der Waals surface area contributed by atoms with Crippen molar-refractivity contribution in [2.45, 2.75) is 4.90 Å². The van der Waals surface area contributed by atoms with Gasteiger partial charge in [-0.2, -0.15) is 0 Å². The van der Waals surface area contributed by atoms with Crippen LogP contribution in [0.25, 0.3) is 0 Å². The Morgan fingerprint density at radius 2 is 1.74 bits per heavy atom. The van der Waals surface area contributed by atoms with Crippen LogP contribution in [0.4, 0.5) is 5.82 Å². The number of piperazine rings is 1. The number of anilines is 1. The number of benzene rings is 1. The predicted molar refractivity (Wildman–Crippen MR) is 105 cm³/mol. The summed E-state index contributed by atoms with van der Waals surface area (Å²) in [6.07, 6.45) is 0. The fraction of sp³-hybridized carbons (Fsp3) is 0.333. The lowest BCUT2D eigenvalue weighted by molar-refractivity contribution is 0.0746. The summed E-state index contributed by atoms with van der Waals surface area (Å²) < 4.78 is 25.7. The predicted octanol–water partition coefficient (Wildman–Crippen LogP) is 1.95. The second-order valence-electron chi connectivity index (χ2n) is 6.41. The van der Waals surface area contributed by atoms with E-state index >= 15 is 0 Å². The maximum atomic E-state index is 12.8. The standard InChI is InChI=1S/C18H21ClN4O3S/c1-21(2)27(25,26)15-6-3-5-14(13-15)18(24)23-11-9-22(10-12-23)17-8-4-7-16(19)20-17/h3-8,13H,9-12H2,1-2H3. The summed E-state index contributed by atoms with van der Waals surface area (Å²) in [5, 5.41) is 0.435. The van der Waals surface area contributed by atoms with Crippen molar-refractivity contribution in [2.24, 2.45) is 0 Å². The van der Waals surface area contributed by atoms with Gasteiger partial charge < -0.3 is 9.80 Å². The lowest BCUT2D eigenvalue weighted by atomic mass is 10.2. The number of rotatable bonds is 4. The Kier molecular flexibility index (Phi) is 5.69. The molecule has 1 aliphatic rings. The van der Waals surface area contributed by atoms with Gasteiger partial charge in [-0.1, -0.05) is 23.7 Å². The van der Waals surface area contributed by atoms with Crippen molar-refractivity contribution in [1.82, 2.24) is 14.2 Å². The number of aromatic nitrogens is 1. The van der Waals surface area contributed by atoms with Crippen LogP contribution in [-0.2, 0) is 10.0 Å². The number of sulfonamides is 1. The van der Waals surface area contributed by atoms with E-state index in [0.29, 0.717) is 36.9 Å². The Morgan fingerprint density at radius 1 is 1.07 bits per heavy atom. The molecule has 1 saturated heterocycles.